The largest absolute Gasteiger partial charge is 0.480 e. The molecule has 0 aromatic carbocycles. The van der Waals surface area contributed by atoms with Gasteiger partial charge in [0.2, 0.25) is 0 Å². The average molecular weight is 269 g/mol. The second-order valence-corrected chi connectivity index (χ2v) is 5.06. The Morgan fingerprint density at radius 2 is 2.33 bits per heavy atom. The van der Waals surface area contributed by atoms with E-state index < -0.39 is 12.0 Å². The van der Waals surface area contributed by atoms with Gasteiger partial charge in [0, 0.05) is 6.54 Å². The maximum absolute atomic E-state index is 12.1. The zero-order valence-electron chi connectivity index (χ0n) is 10.1. The van der Waals surface area contributed by atoms with Crippen molar-refractivity contribution < 1.29 is 19.1 Å². The van der Waals surface area contributed by atoms with E-state index in [9.17, 15) is 9.59 Å². The smallest absolute Gasteiger partial charge is 0.326 e. The fraction of sp³-hybridized carbons (Fsp3) is 0.500. The van der Waals surface area contributed by atoms with E-state index in [1.54, 1.807) is 23.9 Å². The molecule has 1 saturated heterocycles. The van der Waals surface area contributed by atoms with Crippen molar-refractivity contribution in [2.75, 3.05) is 12.8 Å². The number of carboxylic acids is 1. The standard InChI is InChI=1S/C12H15NO4S/c1-18-7-8-4-5-10(17-8)11(14)13-6-2-3-9(13)12(15)16/h4-5,9H,2-3,6-7H2,1H3,(H,15,16)/t9-/m0/s1. The van der Waals surface area contributed by atoms with Gasteiger partial charge < -0.3 is 14.4 Å². The Bertz CT molecular complexity index is 457. The number of furan rings is 1. The van der Waals surface area contributed by atoms with Crippen molar-refractivity contribution in [2.24, 2.45) is 0 Å². The first-order chi connectivity index (χ1) is 8.63. The van der Waals surface area contributed by atoms with Crippen molar-refractivity contribution in [3.8, 4) is 0 Å². The third kappa shape index (κ3) is 2.53. The third-order valence-electron chi connectivity index (χ3n) is 2.96. The normalized spacial score (nSPS) is 19.2. The van der Waals surface area contributed by atoms with Crippen LogP contribution in [0.3, 0.4) is 0 Å². The number of carbonyl (C=O) groups is 2. The molecule has 2 rings (SSSR count). The molecule has 0 saturated carbocycles. The van der Waals surface area contributed by atoms with Gasteiger partial charge in [-0.3, -0.25) is 4.79 Å². The van der Waals surface area contributed by atoms with E-state index in [2.05, 4.69) is 0 Å². The van der Waals surface area contributed by atoms with Crippen LogP contribution in [0.15, 0.2) is 16.5 Å². The van der Waals surface area contributed by atoms with E-state index in [4.69, 9.17) is 9.52 Å². The van der Waals surface area contributed by atoms with Crippen LogP contribution in [0.1, 0.15) is 29.2 Å². The number of thioether (sulfide) groups is 1. The van der Waals surface area contributed by atoms with Gasteiger partial charge in [0.25, 0.3) is 5.91 Å². The van der Waals surface area contributed by atoms with Crippen LogP contribution >= 0.6 is 11.8 Å². The van der Waals surface area contributed by atoms with E-state index in [-0.39, 0.29) is 11.7 Å². The van der Waals surface area contributed by atoms with Crippen LogP contribution in [0.2, 0.25) is 0 Å². The predicted octanol–water partition coefficient (Wildman–Crippen LogP) is 1.83. The summed E-state index contributed by atoms with van der Waals surface area (Å²) in [6, 6.07) is 2.66. The second kappa shape index (κ2) is 5.48. The number of carboxylic acid groups (broad SMARTS) is 1. The summed E-state index contributed by atoms with van der Waals surface area (Å²) in [6.45, 7) is 0.481. The third-order valence-corrected chi connectivity index (χ3v) is 3.53. The first-order valence-electron chi connectivity index (χ1n) is 5.75. The summed E-state index contributed by atoms with van der Waals surface area (Å²) in [6.07, 6.45) is 3.19. The molecule has 1 N–H and O–H groups in total. The van der Waals surface area contributed by atoms with Gasteiger partial charge in [-0.1, -0.05) is 0 Å². The quantitative estimate of drug-likeness (QED) is 0.903. The first kappa shape index (κ1) is 13.0. The van der Waals surface area contributed by atoms with Crippen LogP contribution < -0.4 is 0 Å². The van der Waals surface area contributed by atoms with Crippen LogP contribution in [0.5, 0.6) is 0 Å². The minimum atomic E-state index is -0.947. The summed E-state index contributed by atoms with van der Waals surface area (Å²) in [5, 5.41) is 9.04. The molecular weight excluding hydrogens is 254 g/mol. The lowest BCUT2D eigenvalue weighted by Gasteiger charge is -2.19. The summed E-state index contributed by atoms with van der Waals surface area (Å²) < 4.78 is 5.42. The number of rotatable bonds is 4. The Kier molecular flexibility index (Phi) is 3.96. The van der Waals surface area contributed by atoms with Gasteiger partial charge in [-0.25, -0.2) is 4.79 Å². The number of hydrogen-bond acceptors (Lipinski definition) is 4. The highest BCUT2D eigenvalue weighted by atomic mass is 32.2. The van der Waals surface area contributed by atoms with Gasteiger partial charge in [-0.15, -0.1) is 0 Å². The van der Waals surface area contributed by atoms with Crippen molar-refractivity contribution in [3.05, 3.63) is 23.7 Å². The Morgan fingerprint density at radius 1 is 1.56 bits per heavy atom. The molecule has 98 valence electrons. The van der Waals surface area contributed by atoms with Crippen molar-refractivity contribution in [3.63, 3.8) is 0 Å². The van der Waals surface area contributed by atoms with E-state index in [0.29, 0.717) is 18.7 Å². The van der Waals surface area contributed by atoms with Gasteiger partial charge >= 0.3 is 5.97 Å². The molecule has 6 heteroatoms. The van der Waals surface area contributed by atoms with Crippen LogP contribution in [0, 0.1) is 0 Å². The summed E-state index contributed by atoms with van der Waals surface area (Å²) >= 11 is 1.60. The zero-order chi connectivity index (χ0) is 13.1. The number of amides is 1. The monoisotopic (exact) mass is 269 g/mol. The number of likely N-dealkylation sites (tertiary alicyclic amines) is 1. The van der Waals surface area contributed by atoms with E-state index >= 15 is 0 Å². The number of hydrogen-bond donors (Lipinski definition) is 1. The molecule has 5 nitrogen and oxygen atoms in total. The number of carbonyl (C=O) groups excluding carboxylic acids is 1. The topological polar surface area (TPSA) is 70.8 Å². The highest BCUT2D eigenvalue weighted by Gasteiger charge is 2.35. The molecule has 2 heterocycles. The van der Waals surface area contributed by atoms with Crippen molar-refractivity contribution in [1.29, 1.82) is 0 Å². The maximum atomic E-state index is 12.1. The Balaban J connectivity index is 2.12. The molecule has 0 aliphatic carbocycles. The molecule has 1 aromatic rings. The Hall–Kier alpha value is -1.43. The second-order valence-electron chi connectivity index (χ2n) is 4.19. The lowest BCUT2D eigenvalue weighted by atomic mass is 10.2. The molecule has 1 fully saturated rings. The average Bonchev–Trinajstić information content (AvgIpc) is 2.96. The first-order valence-corrected chi connectivity index (χ1v) is 7.14. The summed E-state index contributed by atoms with van der Waals surface area (Å²) in [5.74, 6) is 0.392. The van der Waals surface area contributed by atoms with Crippen molar-refractivity contribution in [2.45, 2.75) is 24.6 Å². The summed E-state index contributed by atoms with van der Waals surface area (Å²) in [7, 11) is 0. The molecule has 0 unspecified atom stereocenters. The maximum Gasteiger partial charge on any atom is 0.326 e. The van der Waals surface area contributed by atoms with Crippen molar-refractivity contribution in [1.82, 2.24) is 4.90 Å². The lowest BCUT2D eigenvalue weighted by Crippen LogP contribution is -2.40. The number of aliphatic carboxylic acids is 1. The molecule has 1 aliphatic heterocycles. The summed E-state index contributed by atoms with van der Waals surface area (Å²) in [5.41, 5.74) is 0. The SMILES string of the molecule is CSCc1ccc(C(=O)N2CCC[C@H]2C(=O)O)o1. The molecule has 1 aromatic heterocycles. The lowest BCUT2D eigenvalue weighted by molar-refractivity contribution is -0.141. The van der Waals surface area contributed by atoms with Crippen LogP contribution in [0.4, 0.5) is 0 Å². The fourth-order valence-electron chi connectivity index (χ4n) is 2.12. The predicted molar refractivity (Wildman–Crippen MR) is 67.6 cm³/mol. The van der Waals surface area contributed by atoms with Crippen molar-refractivity contribution >= 4 is 23.6 Å². The minimum absolute atomic E-state index is 0.229. The fourth-order valence-corrected chi connectivity index (χ4v) is 2.56. The molecule has 0 bridgehead atoms. The molecule has 1 amide bonds. The van der Waals surface area contributed by atoms with Gasteiger partial charge in [0.15, 0.2) is 5.76 Å². The molecule has 0 radical (unpaired) electrons. The molecular formula is C12H15NO4S. The molecule has 18 heavy (non-hydrogen) atoms. The van der Waals surface area contributed by atoms with E-state index in [0.717, 1.165) is 12.2 Å². The number of nitrogens with zero attached hydrogens (tertiary/aromatic N) is 1. The summed E-state index contributed by atoms with van der Waals surface area (Å²) in [4.78, 5) is 24.5. The highest BCUT2D eigenvalue weighted by molar-refractivity contribution is 7.97. The van der Waals surface area contributed by atoms with Gasteiger partial charge in [0.1, 0.15) is 11.8 Å². The Labute approximate surface area is 109 Å². The molecule has 1 atom stereocenters. The van der Waals surface area contributed by atoms with Gasteiger partial charge in [0.05, 0.1) is 5.75 Å². The van der Waals surface area contributed by atoms with Gasteiger partial charge in [-0.05, 0) is 31.2 Å². The Morgan fingerprint density at radius 3 is 3.00 bits per heavy atom. The van der Waals surface area contributed by atoms with Crippen LogP contribution in [-0.2, 0) is 10.5 Å². The minimum Gasteiger partial charge on any atom is -0.480 e. The highest BCUT2D eigenvalue weighted by Crippen LogP contribution is 2.22. The van der Waals surface area contributed by atoms with E-state index in [1.807, 2.05) is 6.26 Å². The zero-order valence-corrected chi connectivity index (χ0v) is 10.9. The van der Waals surface area contributed by atoms with Crippen LogP contribution in [0.25, 0.3) is 0 Å². The molecule has 1 aliphatic rings. The van der Waals surface area contributed by atoms with E-state index in [1.165, 1.54) is 4.90 Å². The van der Waals surface area contributed by atoms with Crippen LogP contribution in [-0.4, -0.2) is 40.7 Å². The van der Waals surface area contributed by atoms with Gasteiger partial charge in [-0.2, -0.15) is 11.8 Å². The molecule has 0 spiro atoms.